The van der Waals surface area contributed by atoms with Crippen molar-refractivity contribution in [1.29, 1.82) is 0 Å². The Kier molecular flexibility index (Phi) is 4.89. The molecule has 0 bridgehead atoms. The van der Waals surface area contributed by atoms with E-state index < -0.39 is 0 Å². The fourth-order valence-electron chi connectivity index (χ4n) is 6.12. The average Bonchev–Trinajstić information content (AvgIpc) is 3.01. The molecular formula is C38H25N. The number of anilines is 3. The number of para-hydroxylation sites is 1. The Morgan fingerprint density at radius 2 is 0.846 bits per heavy atom. The molecule has 0 aliphatic rings. The predicted molar refractivity (Wildman–Crippen MR) is 169 cm³/mol. The van der Waals surface area contributed by atoms with Crippen LogP contribution in [0.1, 0.15) is 0 Å². The molecule has 0 spiro atoms. The highest BCUT2D eigenvalue weighted by Crippen LogP contribution is 2.40. The summed E-state index contributed by atoms with van der Waals surface area (Å²) in [5.41, 5.74) is 3.44. The van der Waals surface area contributed by atoms with Gasteiger partial charge >= 0.3 is 0 Å². The minimum atomic E-state index is 1.14. The van der Waals surface area contributed by atoms with Crippen molar-refractivity contribution in [2.24, 2.45) is 0 Å². The largest absolute Gasteiger partial charge is 0.310 e. The average molecular weight is 496 g/mol. The van der Waals surface area contributed by atoms with E-state index >= 15 is 0 Å². The van der Waals surface area contributed by atoms with Crippen LogP contribution in [-0.4, -0.2) is 0 Å². The molecule has 0 heterocycles. The minimum Gasteiger partial charge on any atom is -0.310 e. The van der Waals surface area contributed by atoms with Gasteiger partial charge in [-0.25, -0.2) is 0 Å². The molecule has 0 aromatic heterocycles. The van der Waals surface area contributed by atoms with Crippen LogP contribution in [0.5, 0.6) is 0 Å². The summed E-state index contributed by atoms with van der Waals surface area (Å²) >= 11 is 0. The van der Waals surface area contributed by atoms with Crippen molar-refractivity contribution in [1.82, 2.24) is 0 Å². The molecule has 39 heavy (non-hydrogen) atoms. The summed E-state index contributed by atoms with van der Waals surface area (Å²) in [5, 5.41) is 12.8. The predicted octanol–water partition coefficient (Wildman–Crippen LogP) is 10.9. The van der Waals surface area contributed by atoms with Gasteiger partial charge in [0.1, 0.15) is 0 Å². The molecule has 0 aliphatic carbocycles. The highest BCUT2D eigenvalue weighted by atomic mass is 15.1. The lowest BCUT2D eigenvalue weighted by Gasteiger charge is -2.26. The van der Waals surface area contributed by atoms with Gasteiger partial charge in [0.2, 0.25) is 0 Å². The van der Waals surface area contributed by atoms with E-state index in [0.29, 0.717) is 0 Å². The van der Waals surface area contributed by atoms with Crippen molar-refractivity contribution in [3.8, 4) is 0 Å². The van der Waals surface area contributed by atoms with E-state index in [1.54, 1.807) is 0 Å². The summed E-state index contributed by atoms with van der Waals surface area (Å²) in [4.78, 5) is 2.35. The van der Waals surface area contributed by atoms with Crippen LogP contribution < -0.4 is 4.90 Å². The van der Waals surface area contributed by atoms with Crippen molar-refractivity contribution in [3.05, 3.63) is 152 Å². The maximum absolute atomic E-state index is 2.35. The Morgan fingerprint density at radius 1 is 0.282 bits per heavy atom. The Hall–Kier alpha value is -5.14. The molecule has 8 aromatic carbocycles. The minimum absolute atomic E-state index is 1.14. The zero-order valence-corrected chi connectivity index (χ0v) is 21.4. The monoisotopic (exact) mass is 495 g/mol. The molecule has 8 aromatic rings. The number of fused-ring (bicyclic) bond motifs is 8. The standard InChI is InChI=1S/C38H25N/c1-2-11-31(12-3-1)39(32-19-16-26-8-4-5-10-29(26)24-32)33-20-23-34-30(25-33)18-22-37-36(34)21-17-28-15-14-27-9-6-7-13-35(27)38(28)37/h1-25H. The lowest BCUT2D eigenvalue weighted by Crippen LogP contribution is -2.09. The highest BCUT2D eigenvalue weighted by Gasteiger charge is 2.15. The molecule has 0 unspecified atom stereocenters. The third-order valence-corrected chi connectivity index (χ3v) is 7.97. The first-order valence-corrected chi connectivity index (χ1v) is 13.4. The lowest BCUT2D eigenvalue weighted by atomic mass is 9.93. The molecule has 182 valence electrons. The third kappa shape index (κ3) is 3.55. The first-order chi connectivity index (χ1) is 19.3. The summed E-state index contributed by atoms with van der Waals surface area (Å²) in [6.45, 7) is 0. The van der Waals surface area contributed by atoms with Gasteiger partial charge < -0.3 is 4.90 Å². The lowest BCUT2D eigenvalue weighted by molar-refractivity contribution is 1.29. The Balaban J connectivity index is 1.35. The summed E-state index contributed by atoms with van der Waals surface area (Å²) in [6.07, 6.45) is 0. The number of benzene rings is 8. The smallest absolute Gasteiger partial charge is 0.0468 e. The SMILES string of the molecule is c1ccc(N(c2ccc3ccccc3c2)c2ccc3c(ccc4c3ccc3ccc5ccccc5c34)c2)cc1. The molecule has 0 fully saturated rings. The van der Waals surface area contributed by atoms with Crippen LogP contribution in [-0.2, 0) is 0 Å². The van der Waals surface area contributed by atoms with Gasteiger partial charge in [0.05, 0.1) is 0 Å². The molecule has 0 aliphatic heterocycles. The van der Waals surface area contributed by atoms with E-state index in [1.165, 1.54) is 53.9 Å². The second-order valence-corrected chi connectivity index (χ2v) is 10.2. The van der Waals surface area contributed by atoms with E-state index in [4.69, 9.17) is 0 Å². The normalized spacial score (nSPS) is 11.6. The van der Waals surface area contributed by atoms with Crippen LogP contribution in [0.3, 0.4) is 0 Å². The van der Waals surface area contributed by atoms with Crippen LogP contribution in [0.25, 0.3) is 53.9 Å². The molecule has 0 saturated carbocycles. The Morgan fingerprint density at radius 3 is 1.72 bits per heavy atom. The topological polar surface area (TPSA) is 3.24 Å². The van der Waals surface area contributed by atoms with Gasteiger partial charge in [0.25, 0.3) is 0 Å². The van der Waals surface area contributed by atoms with Crippen LogP contribution in [0.4, 0.5) is 17.1 Å². The Bertz CT molecular complexity index is 2180. The van der Waals surface area contributed by atoms with E-state index in [1.807, 2.05) is 0 Å². The second kappa shape index (κ2) is 8.72. The van der Waals surface area contributed by atoms with Gasteiger partial charge in [-0.2, -0.15) is 0 Å². The molecule has 0 radical (unpaired) electrons. The van der Waals surface area contributed by atoms with Crippen molar-refractivity contribution in [2.45, 2.75) is 0 Å². The number of hydrogen-bond acceptors (Lipinski definition) is 1. The van der Waals surface area contributed by atoms with E-state index in [-0.39, 0.29) is 0 Å². The van der Waals surface area contributed by atoms with Gasteiger partial charge in [-0.3, -0.25) is 0 Å². The summed E-state index contributed by atoms with van der Waals surface area (Å²) in [6, 6.07) is 55.1. The van der Waals surface area contributed by atoms with E-state index in [0.717, 1.165) is 17.1 Å². The fraction of sp³-hybridized carbons (Fsp3) is 0. The fourth-order valence-corrected chi connectivity index (χ4v) is 6.12. The second-order valence-electron chi connectivity index (χ2n) is 10.2. The van der Waals surface area contributed by atoms with Gasteiger partial charge in [0, 0.05) is 17.1 Å². The molecule has 0 saturated heterocycles. The first kappa shape index (κ1) is 21.9. The summed E-state index contributed by atoms with van der Waals surface area (Å²) in [7, 11) is 0. The summed E-state index contributed by atoms with van der Waals surface area (Å²) in [5.74, 6) is 0. The van der Waals surface area contributed by atoms with Gasteiger partial charge in [0.15, 0.2) is 0 Å². The van der Waals surface area contributed by atoms with Crippen molar-refractivity contribution >= 4 is 70.9 Å². The number of hydrogen-bond donors (Lipinski definition) is 0. The molecule has 1 nitrogen and oxygen atoms in total. The maximum atomic E-state index is 2.35. The molecule has 0 N–H and O–H groups in total. The van der Waals surface area contributed by atoms with Crippen molar-refractivity contribution in [2.75, 3.05) is 4.90 Å². The van der Waals surface area contributed by atoms with E-state index in [2.05, 4.69) is 157 Å². The van der Waals surface area contributed by atoms with Crippen LogP contribution >= 0.6 is 0 Å². The highest BCUT2D eigenvalue weighted by molar-refractivity contribution is 6.24. The maximum Gasteiger partial charge on any atom is 0.0468 e. The van der Waals surface area contributed by atoms with Crippen LogP contribution in [0.15, 0.2) is 152 Å². The van der Waals surface area contributed by atoms with Gasteiger partial charge in [-0.15, -0.1) is 0 Å². The zero-order chi connectivity index (χ0) is 25.8. The number of nitrogens with zero attached hydrogens (tertiary/aromatic N) is 1. The first-order valence-electron chi connectivity index (χ1n) is 13.4. The van der Waals surface area contributed by atoms with Gasteiger partial charge in [-0.05, 0) is 90.3 Å². The Labute approximate surface area is 227 Å². The molecule has 8 rings (SSSR count). The van der Waals surface area contributed by atoms with Gasteiger partial charge in [-0.1, -0.05) is 115 Å². The molecule has 0 amide bonds. The molecule has 1 heteroatoms. The zero-order valence-electron chi connectivity index (χ0n) is 21.4. The van der Waals surface area contributed by atoms with Crippen molar-refractivity contribution < 1.29 is 0 Å². The van der Waals surface area contributed by atoms with Crippen LogP contribution in [0.2, 0.25) is 0 Å². The van der Waals surface area contributed by atoms with E-state index in [9.17, 15) is 0 Å². The third-order valence-electron chi connectivity index (χ3n) is 7.97. The number of rotatable bonds is 3. The van der Waals surface area contributed by atoms with Crippen molar-refractivity contribution in [3.63, 3.8) is 0 Å². The molecule has 0 atom stereocenters. The summed E-state index contributed by atoms with van der Waals surface area (Å²) < 4.78 is 0. The molecular weight excluding hydrogens is 470 g/mol. The van der Waals surface area contributed by atoms with Crippen LogP contribution in [0, 0.1) is 0 Å². The quantitative estimate of drug-likeness (QED) is 0.220.